The number of hydrogen-bond acceptors (Lipinski definition) is 4. The molecule has 2 aliphatic heterocycles. The van der Waals surface area contributed by atoms with Gasteiger partial charge in [0.2, 0.25) is 5.91 Å². The summed E-state index contributed by atoms with van der Waals surface area (Å²) in [5.74, 6) is 0.0982. The molecule has 4 rings (SSSR count). The van der Waals surface area contributed by atoms with Crippen LogP contribution in [0.15, 0.2) is 0 Å². The zero-order valence-electron chi connectivity index (χ0n) is 13.9. The van der Waals surface area contributed by atoms with E-state index in [2.05, 4.69) is 5.32 Å². The molecule has 3 atom stereocenters. The van der Waals surface area contributed by atoms with E-state index in [9.17, 15) is 9.90 Å². The lowest BCUT2D eigenvalue weighted by molar-refractivity contribution is -0.157. The van der Waals surface area contributed by atoms with Gasteiger partial charge in [0.05, 0.1) is 25.2 Å². The summed E-state index contributed by atoms with van der Waals surface area (Å²) in [4.78, 5) is 12.3. The molecule has 2 saturated heterocycles. The third-order valence-electron chi connectivity index (χ3n) is 7.02. The van der Waals surface area contributed by atoms with Gasteiger partial charge in [-0.3, -0.25) is 4.79 Å². The van der Waals surface area contributed by atoms with E-state index in [0.29, 0.717) is 11.8 Å². The molecule has 0 aromatic heterocycles. The van der Waals surface area contributed by atoms with Crippen molar-refractivity contribution < 1.29 is 19.4 Å². The van der Waals surface area contributed by atoms with Gasteiger partial charge in [0.25, 0.3) is 0 Å². The van der Waals surface area contributed by atoms with Gasteiger partial charge in [-0.1, -0.05) is 6.42 Å². The van der Waals surface area contributed by atoms with Crippen molar-refractivity contribution in [1.82, 2.24) is 5.32 Å². The van der Waals surface area contributed by atoms with Crippen molar-refractivity contribution >= 4 is 5.91 Å². The van der Waals surface area contributed by atoms with Crippen molar-refractivity contribution in [2.75, 3.05) is 19.8 Å². The zero-order valence-corrected chi connectivity index (χ0v) is 13.9. The first-order valence-corrected chi connectivity index (χ1v) is 9.29. The normalized spacial score (nSPS) is 37.9. The fraction of sp³-hybridized carbons (Fsp3) is 0.944. The number of rotatable bonds is 3. The molecule has 5 nitrogen and oxygen atoms in total. The third kappa shape index (κ3) is 2.81. The van der Waals surface area contributed by atoms with E-state index in [-0.39, 0.29) is 29.6 Å². The highest BCUT2D eigenvalue weighted by molar-refractivity contribution is 5.77. The molecular formula is C18H29NO4. The van der Waals surface area contributed by atoms with Crippen LogP contribution in [0.4, 0.5) is 0 Å². The van der Waals surface area contributed by atoms with Crippen LogP contribution in [0, 0.1) is 10.8 Å². The van der Waals surface area contributed by atoms with Gasteiger partial charge in [0.1, 0.15) is 0 Å². The first-order chi connectivity index (χ1) is 11.1. The number of amides is 1. The molecule has 2 aliphatic carbocycles. The third-order valence-corrected chi connectivity index (χ3v) is 7.02. The van der Waals surface area contributed by atoms with E-state index in [1.807, 2.05) is 0 Å². The molecule has 0 aromatic rings. The summed E-state index contributed by atoms with van der Waals surface area (Å²) in [6.45, 7) is 2.47. The van der Waals surface area contributed by atoms with E-state index in [4.69, 9.17) is 9.47 Å². The summed E-state index contributed by atoms with van der Waals surface area (Å²) in [6.07, 6.45) is 8.66. The van der Waals surface area contributed by atoms with Crippen LogP contribution in [0.3, 0.4) is 0 Å². The molecule has 1 amide bonds. The summed E-state index contributed by atoms with van der Waals surface area (Å²) < 4.78 is 11.5. The Kier molecular flexibility index (Phi) is 4.14. The predicted molar refractivity (Wildman–Crippen MR) is 84.9 cm³/mol. The van der Waals surface area contributed by atoms with Gasteiger partial charge in [-0.05, 0) is 50.4 Å². The smallest absolute Gasteiger partial charge is 0.222 e. The fourth-order valence-electron chi connectivity index (χ4n) is 4.97. The highest BCUT2D eigenvalue weighted by Gasteiger charge is 2.58. The molecule has 23 heavy (non-hydrogen) atoms. The molecule has 130 valence electrons. The number of nitrogens with one attached hydrogen (secondary N) is 1. The standard InChI is InChI=1S/C18H29NO4/c20-15-11-14(18(15)3-1-4-18)19-16(21)10-13-2-5-17(12-23-13)6-8-22-9-7-17/h13-15,20H,1-12H2,(H,19,21). The molecule has 3 unspecified atom stereocenters. The number of carbonyl (C=O) groups excluding carboxylic acids is 1. The second-order valence-electron chi connectivity index (χ2n) is 8.25. The monoisotopic (exact) mass is 323 g/mol. The van der Waals surface area contributed by atoms with Crippen LogP contribution in [0.5, 0.6) is 0 Å². The quantitative estimate of drug-likeness (QED) is 0.831. The fourth-order valence-corrected chi connectivity index (χ4v) is 4.97. The predicted octanol–water partition coefficient (Wildman–Crippen LogP) is 1.77. The lowest BCUT2D eigenvalue weighted by Gasteiger charge is -2.59. The van der Waals surface area contributed by atoms with Gasteiger partial charge >= 0.3 is 0 Å². The Balaban J connectivity index is 1.23. The second-order valence-corrected chi connectivity index (χ2v) is 8.25. The van der Waals surface area contributed by atoms with Gasteiger partial charge in [-0.25, -0.2) is 0 Å². The molecule has 4 fully saturated rings. The summed E-state index contributed by atoms with van der Waals surface area (Å²) in [5.41, 5.74) is 0.314. The topological polar surface area (TPSA) is 67.8 Å². The number of ether oxygens (including phenoxy) is 2. The van der Waals surface area contributed by atoms with Crippen LogP contribution >= 0.6 is 0 Å². The zero-order chi connectivity index (χ0) is 15.9. The average Bonchev–Trinajstić information content (AvgIpc) is 2.48. The van der Waals surface area contributed by atoms with Crippen LogP contribution < -0.4 is 5.32 Å². The maximum atomic E-state index is 12.3. The molecule has 0 bridgehead atoms. The van der Waals surface area contributed by atoms with E-state index < -0.39 is 0 Å². The van der Waals surface area contributed by atoms with Gasteiger partial charge in [0.15, 0.2) is 0 Å². The van der Waals surface area contributed by atoms with Gasteiger partial charge in [0, 0.05) is 24.7 Å². The summed E-state index contributed by atoms with van der Waals surface area (Å²) in [7, 11) is 0. The minimum Gasteiger partial charge on any atom is -0.392 e. The maximum absolute atomic E-state index is 12.3. The van der Waals surface area contributed by atoms with Crippen LogP contribution in [0.25, 0.3) is 0 Å². The molecule has 2 N–H and O–H groups in total. The summed E-state index contributed by atoms with van der Waals surface area (Å²) in [5, 5.41) is 13.1. The maximum Gasteiger partial charge on any atom is 0.222 e. The SMILES string of the molecule is O=C(CC1CCC2(CCOCC2)CO1)NC1CC(O)C12CCC2. The molecule has 2 spiro atoms. The average molecular weight is 323 g/mol. The number of aliphatic hydroxyl groups excluding tert-OH is 1. The van der Waals surface area contributed by atoms with E-state index >= 15 is 0 Å². The number of carbonyl (C=O) groups is 1. The van der Waals surface area contributed by atoms with Crippen molar-refractivity contribution in [2.24, 2.45) is 10.8 Å². The lowest BCUT2D eigenvalue weighted by Crippen LogP contribution is -2.67. The highest BCUT2D eigenvalue weighted by Crippen LogP contribution is 2.55. The van der Waals surface area contributed by atoms with Crippen molar-refractivity contribution in [1.29, 1.82) is 0 Å². The second kappa shape index (κ2) is 6.01. The molecule has 2 heterocycles. The Morgan fingerprint density at radius 3 is 2.52 bits per heavy atom. The molecule has 4 aliphatic rings. The largest absolute Gasteiger partial charge is 0.392 e. The van der Waals surface area contributed by atoms with Gasteiger partial charge < -0.3 is 19.9 Å². The van der Waals surface area contributed by atoms with Crippen molar-refractivity contribution in [3.05, 3.63) is 0 Å². The minimum atomic E-state index is -0.208. The molecular weight excluding hydrogens is 294 g/mol. The lowest BCUT2D eigenvalue weighted by atomic mass is 9.51. The Morgan fingerprint density at radius 1 is 1.17 bits per heavy atom. The Bertz CT molecular complexity index is 446. The molecule has 0 radical (unpaired) electrons. The van der Waals surface area contributed by atoms with Crippen LogP contribution in [0.2, 0.25) is 0 Å². The van der Waals surface area contributed by atoms with Crippen LogP contribution in [-0.2, 0) is 14.3 Å². The minimum absolute atomic E-state index is 0.00916. The summed E-state index contributed by atoms with van der Waals surface area (Å²) in [6, 6.07) is 0.184. The Hall–Kier alpha value is -0.650. The van der Waals surface area contributed by atoms with E-state index in [1.54, 1.807) is 0 Å². The molecule has 2 saturated carbocycles. The first kappa shape index (κ1) is 15.9. The van der Waals surface area contributed by atoms with E-state index in [1.165, 1.54) is 6.42 Å². The van der Waals surface area contributed by atoms with Crippen molar-refractivity contribution in [3.63, 3.8) is 0 Å². The number of aliphatic hydroxyl groups is 1. The van der Waals surface area contributed by atoms with E-state index in [0.717, 1.165) is 64.8 Å². The van der Waals surface area contributed by atoms with Gasteiger partial charge in [-0.2, -0.15) is 0 Å². The summed E-state index contributed by atoms with van der Waals surface area (Å²) >= 11 is 0. The van der Waals surface area contributed by atoms with Crippen LogP contribution in [0.1, 0.15) is 57.8 Å². The first-order valence-electron chi connectivity index (χ1n) is 9.29. The number of hydrogen-bond donors (Lipinski definition) is 2. The van der Waals surface area contributed by atoms with Crippen molar-refractivity contribution in [3.8, 4) is 0 Å². The molecule has 5 heteroatoms. The Labute approximate surface area is 138 Å². The Morgan fingerprint density at radius 2 is 1.96 bits per heavy atom. The molecule has 0 aromatic carbocycles. The van der Waals surface area contributed by atoms with Crippen molar-refractivity contribution in [2.45, 2.75) is 76.0 Å². The highest BCUT2D eigenvalue weighted by atomic mass is 16.5. The van der Waals surface area contributed by atoms with Crippen LogP contribution in [-0.4, -0.2) is 49.1 Å². The van der Waals surface area contributed by atoms with Gasteiger partial charge in [-0.15, -0.1) is 0 Å².